The molecule has 134 valence electrons. The average Bonchev–Trinajstić information content (AvgIpc) is 3.39. The fourth-order valence-corrected chi connectivity index (χ4v) is 2.59. The highest BCUT2D eigenvalue weighted by Gasteiger charge is 2.18. The second-order valence-corrected chi connectivity index (χ2v) is 5.92. The first-order chi connectivity index (χ1) is 13.2. The second kappa shape index (κ2) is 7.20. The lowest BCUT2D eigenvalue weighted by molar-refractivity contribution is 0.0763. The number of carbonyl (C=O) groups excluding carboxylic acids is 1. The smallest absolute Gasteiger partial charge is 0.272 e. The van der Waals surface area contributed by atoms with Crippen LogP contribution in [0, 0.1) is 0 Å². The van der Waals surface area contributed by atoms with Crippen molar-refractivity contribution in [3.63, 3.8) is 0 Å². The number of hydrogen-bond acceptors (Lipinski definition) is 6. The Morgan fingerprint density at radius 3 is 2.70 bits per heavy atom. The van der Waals surface area contributed by atoms with E-state index in [2.05, 4.69) is 25.3 Å². The molecule has 0 saturated heterocycles. The molecule has 8 nitrogen and oxygen atoms in total. The zero-order valence-electron chi connectivity index (χ0n) is 14.5. The molecule has 27 heavy (non-hydrogen) atoms. The van der Waals surface area contributed by atoms with Gasteiger partial charge >= 0.3 is 0 Å². The van der Waals surface area contributed by atoms with Crippen LogP contribution in [0.5, 0.6) is 0 Å². The molecule has 0 aliphatic heterocycles. The van der Waals surface area contributed by atoms with Crippen molar-refractivity contribution in [2.45, 2.75) is 6.54 Å². The highest BCUT2D eigenvalue weighted by atomic mass is 16.5. The van der Waals surface area contributed by atoms with Gasteiger partial charge in [-0.1, -0.05) is 41.6 Å². The maximum absolute atomic E-state index is 12.6. The van der Waals surface area contributed by atoms with Crippen molar-refractivity contribution < 1.29 is 9.32 Å². The summed E-state index contributed by atoms with van der Waals surface area (Å²) in [5, 5.41) is 10.9. The van der Waals surface area contributed by atoms with Crippen molar-refractivity contribution in [2.75, 3.05) is 7.05 Å². The van der Waals surface area contributed by atoms with E-state index >= 15 is 0 Å². The molecule has 1 amide bonds. The van der Waals surface area contributed by atoms with Gasteiger partial charge in [0.05, 0.1) is 5.69 Å². The second-order valence-electron chi connectivity index (χ2n) is 5.92. The van der Waals surface area contributed by atoms with Crippen molar-refractivity contribution >= 4 is 5.91 Å². The molecule has 0 aliphatic carbocycles. The molecule has 8 heteroatoms. The number of carbonyl (C=O) groups is 1. The minimum absolute atomic E-state index is 0.179. The van der Waals surface area contributed by atoms with E-state index in [4.69, 9.17) is 4.52 Å². The standard InChI is InChI=1S/C19H16N6O2/c1-25(12-17-21-18(24-27-17)14-9-5-6-10-20-14)19(26)16-11-15(22-23-16)13-7-3-2-4-8-13/h2-11H,12H2,1H3,(H,22,23). The van der Waals surface area contributed by atoms with Crippen molar-refractivity contribution in [2.24, 2.45) is 0 Å². The highest BCUT2D eigenvalue weighted by molar-refractivity contribution is 5.93. The molecule has 0 atom stereocenters. The molecule has 0 unspecified atom stereocenters. The number of nitrogens with zero attached hydrogens (tertiary/aromatic N) is 5. The summed E-state index contributed by atoms with van der Waals surface area (Å²) in [6, 6.07) is 16.8. The summed E-state index contributed by atoms with van der Waals surface area (Å²) in [6.45, 7) is 0.179. The molecule has 1 aromatic carbocycles. The van der Waals surface area contributed by atoms with Crippen LogP contribution in [0.1, 0.15) is 16.4 Å². The van der Waals surface area contributed by atoms with Gasteiger partial charge in [0.15, 0.2) is 0 Å². The lowest BCUT2D eigenvalue weighted by Crippen LogP contribution is -2.26. The van der Waals surface area contributed by atoms with Crippen LogP contribution in [0.4, 0.5) is 0 Å². The topological polar surface area (TPSA) is 101 Å². The van der Waals surface area contributed by atoms with E-state index in [0.717, 1.165) is 5.56 Å². The molecule has 4 aromatic rings. The van der Waals surface area contributed by atoms with Gasteiger partial charge in [0.1, 0.15) is 17.9 Å². The first kappa shape index (κ1) is 16.6. The molecule has 0 fully saturated rings. The van der Waals surface area contributed by atoms with Crippen LogP contribution in [0.3, 0.4) is 0 Å². The predicted octanol–water partition coefficient (Wildman–Crippen LogP) is 2.79. The molecule has 0 aliphatic rings. The van der Waals surface area contributed by atoms with E-state index in [0.29, 0.717) is 28.8 Å². The lowest BCUT2D eigenvalue weighted by Gasteiger charge is -2.12. The fourth-order valence-electron chi connectivity index (χ4n) is 2.59. The van der Waals surface area contributed by atoms with E-state index in [-0.39, 0.29) is 12.5 Å². The highest BCUT2D eigenvalue weighted by Crippen LogP contribution is 2.18. The fraction of sp³-hybridized carbons (Fsp3) is 0.105. The molecule has 0 radical (unpaired) electrons. The summed E-state index contributed by atoms with van der Waals surface area (Å²) in [5.41, 5.74) is 2.65. The number of benzene rings is 1. The van der Waals surface area contributed by atoms with Gasteiger partial charge in [-0.2, -0.15) is 10.1 Å². The number of pyridine rings is 1. The molecule has 0 bridgehead atoms. The van der Waals surface area contributed by atoms with E-state index in [1.807, 2.05) is 42.5 Å². The average molecular weight is 360 g/mol. The van der Waals surface area contributed by atoms with Gasteiger partial charge in [-0.25, -0.2) is 0 Å². The Balaban J connectivity index is 1.46. The monoisotopic (exact) mass is 360 g/mol. The number of aromatic nitrogens is 5. The van der Waals surface area contributed by atoms with Gasteiger partial charge in [-0.3, -0.25) is 14.9 Å². The van der Waals surface area contributed by atoms with Gasteiger partial charge in [0, 0.05) is 18.8 Å². The van der Waals surface area contributed by atoms with Crippen LogP contribution < -0.4 is 0 Å². The summed E-state index contributed by atoms with van der Waals surface area (Å²) >= 11 is 0. The Morgan fingerprint density at radius 2 is 1.93 bits per heavy atom. The van der Waals surface area contributed by atoms with Crippen LogP contribution in [0.15, 0.2) is 65.3 Å². The molecule has 0 saturated carbocycles. The van der Waals surface area contributed by atoms with Crippen molar-refractivity contribution in [3.05, 3.63) is 72.4 Å². The lowest BCUT2D eigenvalue weighted by atomic mass is 10.1. The molecular weight excluding hydrogens is 344 g/mol. The van der Waals surface area contributed by atoms with Crippen molar-refractivity contribution in [1.82, 2.24) is 30.2 Å². The molecule has 1 N–H and O–H groups in total. The molecule has 4 rings (SSSR count). The maximum Gasteiger partial charge on any atom is 0.272 e. The van der Waals surface area contributed by atoms with Gasteiger partial charge < -0.3 is 9.42 Å². The van der Waals surface area contributed by atoms with Gasteiger partial charge in [-0.05, 0) is 18.2 Å². The Kier molecular flexibility index (Phi) is 4.44. The number of aromatic amines is 1. The third kappa shape index (κ3) is 3.59. The van der Waals surface area contributed by atoms with Crippen LogP contribution in [0.2, 0.25) is 0 Å². The number of rotatable bonds is 5. The Morgan fingerprint density at radius 1 is 1.11 bits per heavy atom. The Labute approximate surface area is 154 Å². The van der Waals surface area contributed by atoms with Crippen molar-refractivity contribution in [1.29, 1.82) is 0 Å². The Bertz CT molecular complexity index is 1040. The first-order valence-electron chi connectivity index (χ1n) is 8.31. The van der Waals surface area contributed by atoms with Gasteiger partial charge in [0.25, 0.3) is 5.91 Å². The Hall–Kier alpha value is -3.81. The third-order valence-corrected chi connectivity index (χ3v) is 3.96. The zero-order valence-corrected chi connectivity index (χ0v) is 14.5. The number of hydrogen-bond donors (Lipinski definition) is 1. The zero-order chi connectivity index (χ0) is 18.6. The summed E-state index contributed by atoms with van der Waals surface area (Å²) in [5.74, 6) is 0.496. The minimum atomic E-state index is -0.220. The quantitative estimate of drug-likeness (QED) is 0.587. The first-order valence-corrected chi connectivity index (χ1v) is 8.31. The summed E-state index contributed by atoms with van der Waals surface area (Å²) in [6.07, 6.45) is 1.66. The maximum atomic E-state index is 12.6. The van der Waals surface area contributed by atoms with Gasteiger partial charge in [-0.15, -0.1) is 0 Å². The van der Waals surface area contributed by atoms with Gasteiger partial charge in [0.2, 0.25) is 11.7 Å². The van der Waals surface area contributed by atoms with E-state index in [1.165, 1.54) is 4.90 Å². The largest absolute Gasteiger partial charge is 0.337 e. The SMILES string of the molecule is CN(Cc1nc(-c2ccccn2)no1)C(=O)c1cc(-c2ccccc2)n[nH]1. The predicted molar refractivity (Wildman–Crippen MR) is 97.4 cm³/mol. The molecular formula is C19H16N6O2. The van der Waals surface area contributed by atoms with Crippen molar-refractivity contribution in [3.8, 4) is 22.8 Å². The number of H-pyrrole nitrogens is 1. The summed E-state index contributed by atoms with van der Waals surface area (Å²) < 4.78 is 5.23. The van der Waals surface area contributed by atoms with Crippen LogP contribution >= 0.6 is 0 Å². The van der Waals surface area contributed by atoms with Crippen LogP contribution in [0.25, 0.3) is 22.8 Å². The third-order valence-electron chi connectivity index (χ3n) is 3.96. The van der Waals surface area contributed by atoms with E-state index in [1.54, 1.807) is 25.4 Å². The summed E-state index contributed by atoms with van der Waals surface area (Å²) in [7, 11) is 1.66. The number of amides is 1. The van der Waals surface area contributed by atoms with Crippen LogP contribution in [-0.4, -0.2) is 43.2 Å². The number of nitrogens with one attached hydrogen (secondary N) is 1. The molecule has 0 spiro atoms. The summed E-state index contributed by atoms with van der Waals surface area (Å²) in [4.78, 5) is 22.6. The molecule has 3 heterocycles. The normalized spacial score (nSPS) is 10.7. The molecule has 3 aromatic heterocycles. The van der Waals surface area contributed by atoms with E-state index in [9.17, 15) is 4.79 Å². The minimum Gasteiger partial charge on any atom is -0.337 e. The van der Waals surface area contributed by atoms with Crippen LogP contribution in [-0.2, 0) is 6.54 Å². The van der Waals surface area contributed by atoms with E-state index < -0.39 is 0 Å².